The van der Waals surface area contributed by atoms with Crippen LogP contribution in [0.25, 0.3) is 0 Å². The summed E-state index contributed by atoms with van der Waals surface area (Å²) in [6, 6.07) is 9.11. The Morgan fingerprint density at radius 3 is 2.68 bits per heavy atom. The second kappa shape index (κ2) is 10.7. The molecule has 0 atom stereocenters. The molecule has 8 heteroatoms. The number of halogens is 2. The number of nitrogens with one attached hydrogen (secondary N) is 1. The van der Waals surface area contributed by atoms with Gasteiger partial charge in [0.15, 0.2) is 18.1 Å². The Balaban J connectivity index is 1.69. The van der Waals surface area contributed by atoms with Crippen molar-refractivity contribution in [1.29, 1.82) is 0 Å². The van der Waals surface area contributed by atoms with Crippen LogP contribution in [0.3, 0.4) is 0 Å². The average Bonchev–Trinajstić information content (AvgIpc) is 2.75. The van der Waals surface area contributed by atoms with Crippen LogP contribution in [0.1, 0.15) is 30.9 Å². The Bertz CT molecular complexity index is 978. The smallest absolute Gasteiger partial charge is 0.262 e. The van der Waals surface area contributed by atoms with Crippen molar-refractivity contribution >= 4 is 56.3 Å². The molecule has 1 fully saturated rings. The van der Waals surface area contributed by atoms with Crippen LogP contribution < -0.4 is 14.8 Å². The summed E-state index contributed by atoms with van der Waals surface area (Å²) in [7, 11) is 1.57. The first kappa shape index (κ1) is 23.8. The van der Waals surface area contributed by atoms with Crippen molar-refractivity contribution in [2.45, 2.75) is 26.7 Å². The maximum atomic E-state index is 12.4. The first-order valence-corrected chi connectivity index (χ1v) is 11.7. The van der Waals surface area contributed by atoms with Gasteiger partial charge in [-0.3, -0.25) is 4.79 Å². The van der Waals surface area contributed by atoms with E-state index in [-0.39, 0.29) is 12.5 Å². The minimum absolute atomic E-state index is 0.172. The second-order valence-electron chi connectivity index (χ2n) is 7.76. The number of amides is 1. The minimum atomic E-state index is -0.290. The number of rotatable bonds is 6. The van der Waals surface area contributed by atoms with Gasteiger partial charge in [-0.15, -0.1) is 0 Å². The van der Waals surface area contributed by atoms with Crippen LogP contribution in [0, 0.1) is 12.8 Å². The number of likely N-dealkylation sites (tertiary alicyclic amines) is 1. The Kier molecular flexibility index (Phi) is 8.19. The summed E-state index contributed by atoms with van der Waals surface area (Å²) in [5.74, 6) is 1.42. The number of nitrogens with zero attached hydrogens (tertiary/aromatic N) is 1. The molecule has 0 aliphatic carbocycles. The van der Waals surface area contributed by atoms with Crippen molar-refractivity contribution in [3.63, 3.8) is 0 Å². The average molecular weight is 526 g/mol. The highest BCUT2D eigenvalue weighted by atomic mass is 79.9. The van der Waals surface area contributed by atoms with E-state index in [4.69, 9.17) is 33.3 Å². The third-order valence-corrected chi connectivity index (χ3v) is 6.69. The van der Waals surface area contributed by atoms with Crippen LogP contribution in [0.15, 0.2) is 34.8 Å². The van der Waals surface area contributed by atoms with Gasteiger partial charge >= 0.3 is 0 Å². The summed E-state index contributed by atoms with van der Waals surface area (Å²) in [5.41, 5.74) is 2.46. The lowest BCUT2D eigenvalue weighted by molar-refractivity contribution is -0.118. The molecule has 2 aromatic rings. The molecular weight excluding hydrogens is 500 g/mol. The molecule has 1 saturated heterocycles. The second-order valence-corrected chi connectivity index (χ2v) is 9.44. The van der Waals surface area contributed by atoms with Gasteiger partial charge in [0.05, 0.1) is 11.6 Å². The Hall–Kier alpha value is -1.83. The van der Waals surface area contributed by atoms with Gasteiger partial charge < -0.3 is 19.7 Å². The number of methoxy groups -OCH3 is 1. The molecule has 0 saturated carbocycles. The predicted octanol–water partition coefficient (Wildman–Crippen LogP) is 5.84. The molecule has 1 aliphatic heterocycles. The minimum Gasteiger partial charge on any atom is -0.493 e. The van der Waals surface area contributed by atoms with Crippen LogP contribution in [-0.4, -0.2) is 42.6 Å². The van der Waals surface area contributed by atoms with Crippen LogP contribution in [0.5, 0.6) is 11.5 Å². The van der Waals surface area contributed by atoms with Gasteiger partial charge in [-0.05, 0) is 71.4 Å². The molecule has 1 N–H and O–H groups in total. The molecule has 0 aromatic heterocycles. The number of aryl methyl sites for hydroxylation is 1. The maximum Gasteiger partial charge on any atom is 0.262 e. The van der Waals surface area contributed by atoms with Crippen molar-refractivity contribution < 1.29 is 14.3 Å². The molecule has 0 unspecified atom stereocenters. The summed E-state index contributed by atoms with van der Waals surface area (Å²) < 4.78 is 12.0. The first-order valence-electron chi connectivity index (χ1n) is 10.1. The number of carbonyl (C=O) groups excluding carboxylic acids is 1. The Morgan fingerprint density at radius 1 is 1.29 bits per heavy atom. The van der Waals surface area contributed by atoms with Crippen LogP contribution in [-0.2, 0) is 4.79 Å². The molecule has 31 heavy (non-hydrogen) atoms. The van der Waals surface area contributed by atoms with Gasteiger partial charge in [-0.25, -0.2) is 0 Å². The van der Waals surface area contributed by atoms with Crippen molar-refractivity contribution in [2.75, 3.05) is 32.1 Å². The Labute approximate surface area is 202 Å². The summed E-state index contributed by atoms with van der Waals surface area (Å²) in [6.45, 7) is 5.92. The molecule has 3 rings (SSSR count). The number of thiocarbonyl (C=S) groups is 1. The molecule has 1 amide bonds. The SMILES string of the molecule is COc1cc(C(=S)N2CCC(C)CC2)cc(Br)c1OCC(=O)Nc1cc(Cl)ccc1C. The Morgan fingerprint density at radius 2 is 2.00 bits per heavy atom. The lowest BCUT2D eigenvalue weighted by Gasteiger charge is -2.32. The zero-order valence-corrected chi connectivity index (χ0v) is 21.0. The van der Waals surface area contributed by atoms with Crippen LogP contribution >= 0.6 is 39.7 Å². The largest absolute Gasteiger partial charge is 0.493 e. The van der Waals surface area contributed by atoms with E-state index in [2.05, 4.69) is 33.1 Å². The third kappa shape index (κ3) is 6.11. The molecular formula is C23H26BrClN2O3S. The molecule has 5 nitrogen and oxygen atoms in total. The highest BCUT2D eigenvalue weighted by Crippen LogP contribution is 2.37. The monoisotopic (exact) mass is 524 g/mol. The van der Waals surface area contributed by atoms with E-state index in [1.165, 1.54) is 0 Å². The quantitative estimate of drug-likeness (QED) is 0.480. The van der Waals surface area contributed by atoms with E-state index in [0.29, 0.717) is 26.7 Å². The van der Waals surface area contributed by atoms with Crippen LogP contribution in [0.4, 0.5) is 5.69 Å². The number of carbonyl (C=O) groups is 1. The molecule has 1 heterocycles. The number of piperidine rings is 1. The molecule has 1 aliphatic rings. The van der Waals surface area contributed by atoms with Gasteiger partial charge in [0.2, 0.25) is 0 Å². The predicted molar refractivity (Wildman–Crippen MR) is 133 cm³/mol. The topological polar surface area (TPSA) is 50.8 Å². The molecule has 166 valence electrons. The molecule has 0 bridgehead atoms. The summed E-state index contributed by atoms with van der Waals surface area (Å²) in [6.07, 6.45) is 2.28. The molecule has 0 radical (unpaired) electrons. The highest BCUT2D eigenvalue weighted by Gasteiger charge is 2.21. The number of benzene rings is 2. The van der Waals surface area contributed by atoms with Gasteiger partial charge in [0, 0.05) is 29.4 Å². The highest BCUT2D eigenvalue weighted by molar-refractivity contribution is 9.10. The molecule has 0 spiro atoms. The third-order valence-electron chi connectivity index (χ3n) is 5.37. The fourth-order valence-corrected chi connectivity index (χ4v) is 4.46. The normalized spacial score (nSPS) is 14.3. The number of anilines is 1. The van der Waals surface area contributed by atoms with E-state index in [9.17, 15) is 4.79 Å². The van der Waals surface area contributed by atoms with Gasteiger partial charge in [0.1, 0.15) is 4.99 Å². The maximum absolute atomic E-state index is 12.4. The fraction of sp³-hybridized carbons (Fsp3) is 0.391. The lowest BCUT2D eigenvalue weighted by atomic mass is 9.99. The van der Waals surface area contributed by atoms with Crippen molar-refractivity contribution in [1.82, 2.24) is 4.90 Å². The summed E-state index contributed by atoms with van der Waals surface area (Å²) in [4.78, 5) is 15.4. The van der Waals surface area contributed by atoms with Crippen molar-refractivity contribution in [3.8, 4) is 11.5 Å². The van der Waals surface area contributed by atoms with Gasteiger partial charge in [-0.2, -0.15) is 0 Å². The lowest BCUT2D eigenvalue weighted by Crippen LogP contribution is -2.37. The fourth-order valence-electron chi connectivity index (χ4n) is 3.43. The summed E-state index contributed by atoms with van der Waals surface area (Å²) >= 11 is 15.3. The first-order chi connectivity index (χ1) is 14.8. The van der Waals surface area contributed by atoms with E-state index in [1.54, 1.807) is 19.2 Å². The van der Waals surface area contributed by atoms with E-state index >= 15 is 0 Å². The van der Waals surface area contributed by atoms with E-state index < -0.39 is 0 Å². The van der Waals surface area contributed by atoms with Crippen molar-refractivity contribution in [3.05, 3.63) is 51.0 Å². The standard InChI is InChI=1S/C23H26BrClN2O3S/c1-14-6-8-27(9-7-14)23(31)16-10-18(24)22(20(11-16)29-3)30-13-21(28)26-19-12-17(25)5-4-15(19)2/h4-5,10-12,14H,6-9,13H2,1-3H3,(H,26,28). The number of hydrogen-bond acceptors (Lipinski definition) is 4. The van der Waals surface area contributed by atoms with Gasteiger partial charge in [0.25, 0.3) is 5.91 Å². The van der Waals surface area contributed by atoms with Gasteiger partial charge in [-0.1, -0.05) is 36.8 Å². The zero-order chi connectivity index (χ0) is 22.5. The number of ether oxygens (including phenoxy) is 2. The van der Waals surface area contributed by atoms with Crippen LogP contribution in [0.2, 0.25) is 5.02 Å². The molecule has 2 aromatic carbocycles. The summed E-state index contributed by atoms with van der Waals surface area (Å²) in [5, 5.41) is 3.38. The number of hydrogen-bond donors (Lipinski definition) is 1. The zero-order valence-electron chi connectivity index (χ0n) is 17.8. The van der Waals surface area contributed by atoms with E-state index in [1.807, 2.05) is 25.1 Å². The van der Waals surface area contributed by atoms with Crippen molar-refractivity contribution in [2.24, 2.45) is 5.92 Å². The van der Waals surface area contributed by atoms with E-state index in [0.717, 1.165) is 48.0 Å².